The highest BCUT2D eigenvalue weighted by Gasteiger charge is 2.19. The van der Waals surface area contributed by atoms with E-state index in [0.717, 1.165) is 5.56 Å². The van der Waals surface area contributed by atoms with E-state index in [1.54, 1.807) is 36.4 Å². The summed E-state index contributed by atoms with van der Waals surface area (Å²) in [6.07, 6.45) is 1.53. The number of rotatable bonds is 6. The number of aryl methyl sites for hydroxylation is 1. The number of ether oxygens (including phenoxy) is 1. The number of benzene rings is 3. The zero-order chi connectivity index (χ0) is 23.6. The van der Waals surface area contributed by atoms with E-state index in [-0.39, 0.29) is 21.4 Å². The van der Waals surface area contributed by atoms with Gasteiger partial charge in [0.25, 0.3) is 5.56 Å². The largest absolute Gasteiger partial charge is 0.497 e. The Morgan fingerprint density at radius 3 is 2.36 bits per heavy atom. The number of nitrogens with one attached hydrogen (secondary N) is 1. The highest BCUT2D eigenvalue weighted by Crippen LogP contribution is 2.27. The van der Waals surface area contributed by atoms with Crippen LogP contribution in [0.25, 0.3) is 18.3 Å². The van der Waals surface area contributed by atoms with Crippen LogP contribution in [0, 0.1) is 6.92 Å². The molecule has 0 saturated carbocycles. The third-order valence-corrected chi connectivity index (χ3v) is 6.29. The van der Waals surface area contributed by atoms with Crippen LogP contribution in [0.2, 0.25) is 0 Å². The standard InChI is InChI=1S/C25H22N2O5S/c1-17-9-12-22(13-10-17)33(29,30)32-24-14-11-21(31-3)15-19(24)16-23-18(2)26-27(25(23)28)20-7-5-4-6-8-20/h4-16,26H,2H2,1,3H3/b23-16+. The van der Waals surface area contributed by atoms with E-state index in [9.17, 15) is 13.2 Å². The van der Waals surface area contributed by atoms with Gasteiger partial charge in [-0.25, -0.2) is 4.68 Å². The Morgan fingerprint density at radius 2 is 1.70 bits per heavy atom. The minimum atomic E-state index is -4.09. The Labute approximate surface area is 191 Å². The number of hydrogen-bond acceptors (Lipinski definition) is 5. The molecule has 0 fully saturated rings. The van der Waals surface area contributed by atoms with Crippen LogP contribution < -0.4 is 25.0 Å². The molecule has 8 heteroatoms. The molecule has 0 amide bonds. The maximum absolute atomic E-state index is 13.1. The van der Waals surface area contributed by atoms with Crippen molar-refractivity contribution in [2.75, 3.05) is 7.11 Å². The Kier molecular flexibility index (Phi) is 5.93. The molecule has 0 aliphatic heterocycles. The lowest BCUT2D eigenvalue weighted by atomic mass is 10.1. The fraction of sp³-hybridized carbons (Fsp3) is 0.0800. The molecule has 0 aliphatic rings. The van der Waals surface area contributed by atoms with E-state index in [2.05, 4.69) is 11.7 Å². The second-order valence-corrected chi connectivity index (χ2v) is 8.93. The third-order valence-electron chi connectivity index (χ3n) is 5.05. The lowest BCUT2D eigenvalue weighted by molar-refractivity contribution is 0.413. The Hall–Kier alpha value is -4.04. The minimum Gasteiger partial charge on any atom is -0.497 e. The van der Waals surface area contributed by atoms with Crippen molar-refractivity contribution in [3.05, 3.63) is 105 Å². The maximum atomic E-state index is 13.1. The third kappa shape index (κ3) is 4.61. The zero-order valence-corrected chi connectivity index (χ0v) is 18.9. The van der Waals surface area contributed by atoms with Crippen molar-refractivity contribution < 1.29 is 17.3 Å². The van der Waals surface area contributed by atoms with Crippen LogP contribution in [0.5, 0.6) is 11.5 Å². The lowest BCUT2D eigenvalue weighted by Gasteiger charge is -2.11. The van der Waals surface area contributed by atoms with Crippen LogP contribution >= 0.6 is 0 Å². The zero-order valence-electron chi connectivity index (χ0n) is 18.1. The van der Waals surface area contributed by atoms with Gasteiger partial charge in [0.05, 0.1) is 23.4 Å². The number of para-hydroxylation sites is 1. The van der Waals surface area contributed by atoms with Gasteiger partial charge in [-0.15, -0.1) is 0 Å². The number of H-pyrrole nitrogens is 1. The van der Waals surface area contributed by atoms with E-state index >= 15 is 0 Å². The first-order chi connectivity index (χ1) is 15.8. The Balaban J connectivity index is 1.83. The Morgan fingerprint density at radius 1 is 1.00 bits per heavy atom. The molecule has 4 aromatic rings. The second kappa shape index (κ2) is 8.84. The van der Waals surface area contributed by atoms with E-state index in [4.69, 9.17) is 8.92 Å². The molecule has 4 rings (SSSR count). The molecule has 7 nitrogen and oxygen atoms in total. The molecule has 0 saturated heterocycles. The summed E-state index contributed by atoms with van der Waals surface area (Å²) in [5, 5.41) is 3.59. The fourth-order valence-corrected chi connectivity index (χ4v) is 4.23. The summed E-state index contributed by atoms with van der Waals surface area (Å²) in [5.41, 5.74) is 1.60. The van der Waals surface area contributed by atoms with E-state index < -0.39 is 10.1 Å². The van der Waals surface area contributed by atoms with Gasteiger partial charge in [0, 0.05) is 5.56 Å². The van der Waals surface area contributed by atoms with Gasteiger partial charge in [0.2, 0.25) is 0 Å². The number of nitrogens with zero attached hydrogens (tertiary/aromatic N) is 1. The second-order valence-electron chi connectivity index (χ2n) is 7.38. The molecule has 0 aliphatic carbocycles. The van der Waals surface area contributed by atoms with Crippen molar-refractivity contribution in [2.45, 2.75) is 11.8 Å². The van der Waals surface area contributed by atoms with Crippen LogP contribution in [0.3, 0.4) is 0 Å². The molecule has 0 radical (unpaired) electrons. The molecular weight excluding hydrogens is 440 g/mol. The molecule has 3 aromatic carbocycles. The molecule has 1 aromatic heterocycles. The number of aromatic amines is 1. The van der Waals surface area contributed by atoms with E-state index in [1.165, 1.54) is 36.1 Å². The Bertz CT molecular complexity index is 1570. The van der Waals surface area contributed by atoms with Gasteiger partial charge in [0.1, 0.15) is 16.4 Å². The van der Waals surface area contributed by atoms with Gasteiger partial charge in [0.15, 0.2) is 0 Å². The summed E-state index contributed by atoms with van der Waals surface area (Å²) in [7, 11) is -2.60. The summed E-state index contributed by atoms with van der Waals surface area (Å²) >= 11 is 0. The van der Waals surface area contributed by atoms with Crippen molar-refractivity contribution in [1.82, 2.24) is 9.78 Å². The highest BCUT2D eigenvalue weighted by atomic mass is 32.2. The normalized spacial score (nSPS) is 12.0. The number of hydrogen-bond donors (Lipinski definition) is 1. The van der Waals surface area contributed by atoms with Crippen LogP contribution in [0.4, 0.5) is 0 Å². The molecule has 0 spiro atoms. The van der Waals surface area contributed by atoms with Crippen molar-refractivity contribution in [3.8, 4) is 17.2 Å². The molecule has 1 N–H and O–H groups in total. The predicted molar refractivity (Wildman–Crippen MR) is 127 cm³/mol. The average molecular weight is 463 g/mol. The first kappa shape index (κ1) is 22.2. The average Bonchev–Trinajstić information content (AvgIpc) is 3.09. The maximum Gasteiger partial charge on any atom is 0.339 e. The summed E-state index contributed by atoms with van der Waals surface area (Å²) in [4.78, 5) is 13.1. The van der Waals surface area contributed by atoms with Crippen molar-refractivity contribution in [2.24, 2.45) is 0 Å². The summed E-state index contributed by atoms with van der Waals surface area (Å²) in [6.45, 7) is 5.79. The topological polar surface area (TPSA) is 90.4 Å². The first-order valence-corrected chi connectivity index (χ1v) is 11.5. The molecule has 33 heavy (non-hydrogen) atoms. The monoisotopic (exact) mass is 462 g/mol. The van der Waals surface area contributed by atoms with E-state index in [0.29, 0.717) is 22.3 Å². The van der Waals surface area contributed by atoms with Crippen LogP contribution in [0.1, 0.15) is 11.1 Å². The summed E-state index contributed by atoms with van der Waals surface area (Å²) < 4.78 is 37.8. The number of methoxy groups -OCH3 is 1. The predicted octanol–water partition coefficient (Wildman–Crippen LogP) is 2.49. The molecule has 168 valence electrons. The molecule has 1 heterocycles. The van der Waals surface area contributed by atoms with Gasteiger partial charge < -0.3 is 8.92 Å². The molecular formula is C25H22N2O5S. The smallest absolute Gasteiger partial charge is 0.339 e. The SMILES string of the molecule is C=c1[nH]n(-c2ccccc2)c(=O)/c1=C/c1cc(OC)ccc1OS(=O)(=O)c1ccc(C)cc1. The van der Waals surface area contributed by atoms with Crippen LogP contribution in [-0.2, 0) is 10.1 Å². The summed E-state index contributed by atoms with van der Waals surface area (Å²) in [5.74, 6) is 0.536. The fourth-order valence-electron chi connectivity index (χ4n) is 3.27. The quantitative estimate of drug-likeness (QED) is 0.445. The van der Waals surface area contributed by atoms with Gasteiger partial charge in [-0.3, -0.25) is 9.89 Å². The highest BCUT2D eigenvalue weighted by molar-refractivity contribution is 7.87. The van der Waals surface area contributed by atoms with Crippen molar-refractivity contribution in [1.29, 1.82) is 0 Å². The van der Waals surface area contributed by atoms with Crippen LogP contribution in [-0.4, -0.2) is 25.3 Å². The van der Waals surface area contributed by atoms with Crippen molar-refractivity contribution in [3.63, 3.8) is 0 Å². The van der Waals surface area contributed by atoms with Crippen LogP contribution in [0.15, 0.2) is 82.5 Å². The number of aromatic nitrogens is 2. The van der Waals surface area contributed by atoms with Crippen molar-refractivity contribution >= 4 is 22.8 Å². The minimum absolute atomic E-state index is 0.0285. The first-order valence-electron chi connectivity index (χ1n) is 10.0. The lowest BCUT2D eigenvalue weighted by Crippen LogP contribution is -2.34. The summed E-state index contributed by atoms with van der Waals surface area (Å²) in [6, 6.07) is 20.1. The van der Waals surface area contributed by atoms with Gasteiger partial charge >= 0.3 is 10.1 Å². The molecule has 0 atom stereocenters. The van der Waals surface area contributed by atoms with Gasteiger partial charge in [-0.1, -0.05) is 42.5 Å². The van der Waals surface area contributed by atoms with E-state index in [1.807, 2.05) is 25.1 Å². The molecule has 0 bridgehead atoms. The van der Waals surface area contributed by atoms with Gasteiger partial charge in [-0.2, -0.15) is 8.42 Å². The van der Waals surface area contributed by atoms with Gasteiger partial charge in [-0.05, 0) is 55.5 Å². The molecule has 0 unspecified atom stereocenters.